The zero-order valence-electron chi connectivity index (χ0n) is 16.7. The maximum atomic E-state index is 13.3. The highest BCUT2D eigenvalue weighted by molar-refractivity contribution is 6.61. The van der Waals surface area contributed by atoms with Crippen molar-refractivity contribution in [3.05, 3.63) is 57.4 Å². The molecule has 0 aliphatic carbocycles. The van der Waals surface area contributed by atoms with Gasteiger partial charge in [0.15, 0.2) is 5.75 Å². The van der Waals surface area contributed by atoms with E-state index in [1.807, 2.05) is 6.07 Å². The summed E-state index contributed by atoms with van der Waals surface area (Å²) >= 11 is 5.46. The van der Waals surface area contributed by atoms with E-state index in [9.17, 15) is 14.4 Å². The molecule has 1 aromatic carbocycles. The third kappa shape index (κ3) is 2.70. The molecule has 3 aromatic rings. The molecular formula is C22H14ClN3O6. The third-order valence-electron chi connectivity index (χ3n) is 5.89. The number of nitriles is 1. The van der Waals surface area contributed by atoms with Crippen LogP contribution >= 0.6 is 11.6 Å². The summed E-state index contributed by atoms with van der Waals surface area (Å²) in [7, 11) is 0. The number of esters is 1. The number of carbonyl (C=O) groups excluding carboxylic acids is 2. The van der Waals surface area contributed by atoms with Crippen molar-refractivity contribution in [2.24, 2.45) is 0 Å². The van der Waals surface area contributed by atoms with Crippen molar-refractivity contribution < 1.29 is 23.8 Å². The quantitative estimate of drug-likeness (QED) is 0.264. The number of hydrogen-bond acceptors (Lipinski definition) is 8. The highest BCUT2D eigenvalue weighted by atomic mass is 35.5. The van der Waals surface area contributed by atoms with Crippen molar-refractivity contribution >= 4 is 33.9 Å². The molecule has 0 spiro atoms. The molecule has 5 rings (SSSR count). The van der Waals surface area contributed by atoms with Crippen molar-refractivity contribution in [1.29, 1.82) is 5.26 Å². The van der Waals surface area contributed by atoms with E-state index in [0.717, 1.165) is 5.56 Å². The Morgan fingerprint density at radius 3 is 2.91 bits per heavy atom. The highest BCUT2D eigenvalue weighted by Gasteiger charge is 2.50. The van der Waals surface area contributed by atoms with Crippen LogP contribution in [-0.4, -0.2) is 20.9 Å². The number of benzene rings is 1. The molecule has 0 fully saturated rings. The Morgan fingerprint density at radius 1 is 1.38 bits per heavy atom. The predicted octanol–water partition coefficient (Wildman–Crippen LogP) is 3.32. The van der Waals surface area contributed by atoms with Crippen molar-refractivity contribution in [3.63, 3.8) is 0 Å². The molecule has 4 heterocycles. The molecule has 9 nitrogen and oxygen atoms in total. The first kappa shape index (κ1) is 20.0. The molecule has 0 unspecified atom stereocenters. The van der Waals surface area contributed by atoms with Crippen LogP contribution in [-0.2, 0) is 33.0 Å². The molecule has 0 saturated heterocycles. The molecule has 2 aliphatic rings. The summed E-state index contributed by atoms with van der Waals surface area (Å²) in [4.78, 5) is 42.3. The fraction of sp³-hybridized carbons (Fsp3) is 0.227. The van der Waals surface area contributed by atoms with Gasteiger partial charge in [0.25, 0.3) is 11.8 Å². The first-order valence-corrected chi connectivity index (χ1v) is 10.1. The summed E-state index contributed by atoms with van der Waals surface area (Å²) in [5.74, 6) is -0.422. The number of halogens is 1. The average molecular weight is 452 g/mol. The van der Waals surface area contributed by atoms with Crippen LogP contribution in [0.1, 0.15) is 30.0 Å². The second-order valence-corrected chi connectivity index (χ2v) is 7.73. The van der Waals surface area contributed by atoms with Crippen molar-refractivity contribution in [1.82, 2.24) is 9.55 Å². The molecule has 2 aliphatic heterocycles. The van der Waals surface area contributed by atoms with Gasteiger partial charge in [0, 0.05) is 28.1 Å². The maximum Gasteiger partial charge on any atom is 0.405 e. The SMILES string of the molecule is CC[C@@]1(OC(=O)Cl)C(=O)OCc2c1cc1n(c2=O)Cc2cc3c(OC#N)cccc3nc2-1. The predicted molar refractivity (Wildman–Crippen MR) is 111 cm³/mol. The Bertz CT molecular complexity index is 1440. The summed E-state index contributed by atoms with van der Waals surface area (Å²) in [5.41, 5.74) is -0.539. The molecule has 1 atom stereocenters. The van der Waals surface area contributed by atoms with E-state index in [2.05, 4.69) is 4.98 Å². The second kappa shape index (κ2) is 7.07. The van der Waals surface area contributed by atoms with E-state index in [1.165, 1.54) is 4.57 Å². The molecule has 0 saturated carbocycles. The molecule has 0 bridgehead atoms. The normalized spacial score (nSPS) is 18.2. The minimum atomic E-state index is -1.81. The van der Waals surface area contributed by atoms with Gasteiger partial charge in [-0.05, 0) is 30.7 Å². The van der Waals surface area contributed by atoms with Gasteiger partial charge in [0.1, 0.15) is 6.61 Å². The topological polar surface area (TPSA) is 121 Å². The molecular weight excluding hydrogens is 438 g/mol. The van der Waals surface area contributed by atoms with Gasteiger partial charge in [-0.3, -0.25) is 4.79 Å². The van der Waals surface area contributed by atoms with Gasteiger partial charge in [-0.1, -0.05) is 13.0 Å². The van der Waals surface area contributed by atoms with E-state index < -0.39 is 17.0 Å². The fourth-order valence-electron chi connectivity index (χ4n) is 4.41. The van der Waals surface area contributed by atoms with Crippen molar-refractivity contribution in [2.75, 3.05) is 0 Å². The number of rotatable bonds is 3. The Balaban J connectivity index is 1.76. The summed E-state index contributed by atoms with van der Waals surface area (Å²) in [5, 5.41) is 9.54. The molecule has 160 valence electrons. The number of cyclic esters (lactones) is 1. The van der Waals surface area contributed by atoms with Crippen LogP contribution in [0, 0.1) is 11.5 Å². The van der Waals surface area contributed by atoms with E-state index in [0.29, 0.717) is 28.0 Å². The number of hydrogen-bond donors (Lipinski definition) is 0. The monoisotopic (exact) mass is 451 g/mol. The Kier molecular flexibility index (Phi) is 4.42. The lowest BCUT2D eigenvalue weighted by molar-refractivity contribution is -0.171. The number of carbonyl (C=O) groups is 2. The Labute approximate surface area is 185 Å². The van der Waals surface area contributed by atoms with Gasteiger partial charge in [-0.15, -0.1) is 5.26 Å². The maximum absolute atomic E-state index is 13.3. The first-order chi connectivity index (χ1) is 15.4. The summed E-state index contributed by atoms with van der Waals surface area (Å²) in [6.45, 7) is 1.64. The van der Waals surface area contributed by atoms with E-state index in [1.54, 1.807) is 37.4 Å². The zero-order valence-corrected chi connectivity index (χ0v) is 17.4. The minimum absolute atomic E-state index is 0.0348. The van der Waals surface area contributed by atoms with Crippen LogP contribution in [0.15, 0.2) is 35.1 Å². The van der Waals surface area contributed by atoms with Crippen LogP contribution in [0.25, 0.3) is 22.3 Å². The van der Waals surface area contributed by atoms with Gasteiger partial charge >= 0.3 is 11.4 Å². The standard InChI is InChI=1S/C22H14ClN3O6/c1-2-22(32-21(23)29)14-7-16-18-11(8-26(16)19(27)13(14)9-30-20(22)28)6-12-15(25-18)4-3-5-17(12)31-10-24/h3-7H,2,8-9H2,1H3/t22-/m0/s1. The molecule has 0 N–H and O–H groups in total. The van der Waals surface area contributed by atoms with Crippen molar-refractivity contribution in [3.8, 4) is 23.4 Å². The largest absolute Gasteiger partial charge is 0.457 e. The summed E-state index contributed by atoms with van der Waals surface area (Å²) in [6, 6.07) is 8.60. The van der Waals surface area contributed by atoms with Crippen LogP contribution < -0.4 is 10.3 Å². The first-order valence-electron chi connectivity index (χ1n) is 9.71. The molecule has 32 heavy (non-hydrogen) atoms. The van der Waals surface area contributed by atoms with E-state index in [-0.39, 0.29) is 36.3 Å². The van der Waals surface area contributed by atoms with Gasteiger partial charge in [0.05, 0.1) is 29.0 Å². The van der Waals surface area contributed by atoms with Gasteiger partial charge in [-0.2, -0.15) is 0 Å². The average Bonchev–Trinajstić information content (AvgIpc) is 3.13. The lowest BCUT2D eigenvalue weighted by Gasteiger charge is -2.34. The lowest BCUT2D eigenvalue weighted by atomic mass is 9.85. The van der Waals surface area contributed by atoms with E-state index in [4.69, 9.17) is 31.1 Å². The number of pyridine rings is 2. The molecule has 2 aromatic heterocycles. The van der Waals surface area contributed by atoms with Gasteiger partial charge in [-0.25, -0.2) is 14.6 Å². The number of nitrogens with zero attached hydrogens (tertiary/aromatic N) is 3. The molecule has 0 amide bonds. The van der Waals surface area contributed by atoms with Gasteiger partial charge < -0.3 is 18.8 Å². The minimum Gasteiger partial charge on any atom is -0.457 e. The third-order valence-corrected chi connectivity index (χ3v) is 5.97. The molecule has 0 radical (unpaired) electrons. The fourth-order valence-corrected chi connectivity index (χ4v) is 4.54. The highest BCUT2D eigenvalue weighted by Crippen LogP contribution is 2.41. The van der Waals surface area contributed by atoms with E-state index >= 15 is 0 Å². The van der Waals surface area contributed by atoms with Crippen LogP contribution in [0.2, 0.25) is 0 Å². The molecule has 10 heteroatoms. The Hall–Kier alpha value is -3.90. The summed E-state index contributed by atoms with van der Waals surface area (Å²) < 4.78 is 17.0. The number of ether oxygens (including phenoxy) is 3. The van der Waals surface area contributed by atoms with Crippen LogP contribution in [0.4, 0.5) is 4.79 Å². The zero-order chi connectivity index (χ0) is 22.6. The number of aromatic nitrogens is 2. The van der Waals surface area contributed by atoms with Crippen LogP contribution in [0.5, 0.6) is 5.75 Å². The summed E-state index contributed by atoms with van der Waals surface area (Å²) in [6.07, 6.45) is 1.70. The van der Waals surface area contributed by atoms with Crippen LogP contribution in [0.3, 0.4) is 0 Å². The lowest BCUT2D eigenvalue weighted by Crippen LogP contribution is -2.46. The number of fused-ring (bicyclic) bond motifs is 5. The Morgan fingerprint density at radius 2 is 2.19 bits per heavy atom. The van der Waals surface area contributed by atoms with Crippen molar-refractivity contribution in [2.45, 2.75) is 32.1 Å². The second-order valence-electron chi connectivity index (χ2n) is 7.42. The van der Waals surface area contributed by atoms with Gasteiger partial charge in [0.2, 0.25) is 5.60 Å². The smallest absolute Gasteiger partial charge is 0.405 e.